The van der Waals surface area contributed by atoms with Crippen LogP contribution in [0.3, 0.4) is 0 Å². The van der Waals surface area contributed by atoms with Gasteiger partial charge in [-0.25, -0.2) is 4.79 Å². The maximum atomic E-state index is 13.1. The van der Waals surface area contributed by atoms with E-state index in [0.717, 1.165) is 17.7 Å². The first-order chi connectivity index (χ1) is 14.5. The number of hydrogen-bond acceptors (Lipinski definition) is 4. The van der Waals surface area contributed by atoms with E-state index >= 15 is 0 Å². The first-order valence-electron chi connectivity index (χ1n) is 10.7. The molecular formula is C23H32N4O4. The van der Waals surface area contributed by atoms with Crippen molar-refractivity contribution in [2.24, 2.45) is 11.3 Å². The smallest absolute Gasteiger partial charge is 0.325 e. The zero-order chi connectivity index (χ0) is 23.0. The number of imide groups is 1. The molecule has 0 aromatic heterocycles. The van der Waals surface area contributed by atoms with Gasteiger partial charge >= 0.3 is 6.03 Å². The van der Waals surface area contributed by atoms with Crippen molar-refractivity contribution in [1.82, 2.24) is 15.5 Å². The second-order valence-corrected chi connectivity index (χ2v) is 9.65. The fourth-order valence-corrected chi connectivity index (χ4v) is 4.62. The van der Waals surface area contributed by atoms with Crippen molar-refractivity contribution in [1.29, 1.82) is 0 Å². The molecule has 1 aliphatic heterocycles. The van der Waals surface area contributed by atoms with E-state index in [-0.39, 0.29) is 23.8 Å². The van der Waals surface area contributed by atoms with Gasteiger partial charge < -0.3 is 16.0 Å². The Balaban J connectivity index is 1.67. The lowest BCUT2D eigenvalue weighted by molar-refractivity contribution is -0.135. The third kappa shape index (κ3) is 4.43. The monoisotopic (exact) mass is 428 g/mol. The average Bonchev–Trinajstić information content (AvgIpc) is 2.92. The molecule has 2 fully saturated rings. The van der Waals surface area contributed by atoms with E-state index in [1.165, 1.54) is 7.05 Å². The molecule has 0 unspecified atom stereocenters. The summed E-state index contributed by atoms with van der Waals surface area (Å²) in [4.78, 5) is 51.2. The van der Waals surface area contributed by atoms with Crippen LogP contribution in [0.2, 0.25) is 0 Å². The molecule has 5 amide bonds. The summed E-state index contributed by atoms with van der Waals surface area (Å²) in [5.41, 5.74) is 0.801. The highest BCUT2D eigenvalue weighted by atomic mass is 16.2. The van der Waals surface area contributed by atoms with Crippen LogP contribution in [-0.4, -0.2) is 47.8 Å². The van der Waals surface area contributed by atoms with Gasteiger partial charge in [-0.2, -0.15) is 0 Å². The molecule has 1 aliphatic carbocycles. The number of carbonyl (C=O) groups excluding carboxylic acids is 4. The molecule has 1 heterocycles. The van der Waals surface area contributed by atoms with E-state index < -0.39 is 17.5 Å². The molecule has 0 atom stereocenters. The third-order valence-electron chi connectivity index (χ3n) is 6.69. The summed E-state index contributed by atoms with van der Waals surface area (Å²) in [5.74, 6) is -0.567. The van der Waals surface area contributed by atoms with Crippen LogP contribution < -0.4 is 16.0 Å². The topological polar surface area (TPSA) is 108 Å². The van der Waals surface area contributed by atoms with Gasteiger partial charge in [-0.05, 0) is 61.6 Å². The minimum Gasteiger partial charge on any atom is -0.355 e. The summed E-state index contributed by atoms with van der Waals surface area (Å²) in [5, 5.41) is 8.14. The number of nitrogens with one attached hydrogen (secondary N) is 3. The van der Waals surface area contributed by atoms with Crippen LogP contribution in [0.25, 0.3) is 0 Å². The first-order valence-corrected chi connectivity index (χ1v) is 10.7. The van der Waals surface area contributed by atoms with E-state index in [0.29, 0.717) is 35.6 Å². The Morgan fingerprint density at radius 1 is 1.19 bits per heavy atom. The first kappa shape index (κ1) is 22.8. The lowest BCUT2D eigenvalue weighted by atomic mass is 9.67. The Bertz CT molecular complexity index is 911. The van der Waals surface area contributed by atoms with Crippen molar-refractivity contribution >= 4 is 29.4 Å². The number of urea groups is 1. The summed E-state index contributed by atoms with van der Waals surface area (Å²) in [6.45, 7) is 7.96. The minimum atomic E-state index is -0.895. The Labute approximate surface area is 183 Å². The Morgan fingerprint density at radius 2 is 1.84 bits per heavy atom. The molecule has 1 saturated carbocycles. The van der Waals surface area contributed by atoms with Gasteiger partial charge in [0.05, 0.1) is 0 Å². The summed E-state index contributed by atoms with van der Waals surface area (Å²) in [6, 6.07) is 4.49. The third-order valence-corrected chi connectivity index (χ3v) is 6.69. The summed E-state index contributed by atoms with van der Waals surface area (Å²) >= 11 is 0. The molecular weight excluding hydrogens is 396 g/mol. The van der Waals surface area contributed by atoms with E-state index in [4.69, 9.17) is 0 Å². The molecule has 31 heavy (non-hydrogen) atoms. The molecule has 8 nitrogen and oxygen atoms in total. The number of amides is 5. The largest absolute Gasteiger partial charge is 0.355 e. The van der Waals surface area contributed by atoms with Gasteiger partial charge in [0.2, 0.25) is 5.91 Å². The van der Waals surface area contributed by atoms with Crippen molar-refractivity contribution in [2.75, 3.05) is 18.9 Å². The number of carbonyl (C=O) groups is 4. The molecule has 3 rings (SSSR count). The maximum absolute atomic E-state index is 13.1. The Morgan fingerprint density at radius 3 is 2.42 bits per heavy atom. The highest BCUT2D eigenvalue weighted by Gasteiger charge is 2.53. The number of hydrogen-bond donors (Lipinski definition) is 3. The standard InChI is InChI=1S/C23H32N4O4/c1-14-16(19(29)24-5)7-6-8-17(14)25-18(28)13-27-20(30)23(26-21(27)31)11-9-15(10-12-23)22(2,3)4/h6-8,15H,9-13H2,1-5H3,(H,24,29)(H,25,28)(H,26,31). The van der Waals surface area contributed by atoms with E-state index in [1.807, 2.05) is 0 Å². The zero-order valence-corrected chi connectivity index (χ0v) is 18.9. The van der Waals surface area contributed by atoms with Gasteiger partial charge in [0.25, 0.3) is 11.8 Å². The molecule has 1 aromatic carbocycles. The Hall–Kier alpha value is -2.90. The number of anilines is 1. The van der Waals surface area contributed by atoms with Crippen LogP contribution >= 0.6 is 0 Å². The average molecular weight is 429 g/mol. The highest BCUT2D eigenvalue weighted by molar-refractivity contribution is 6.10. The fourth-order valence-electron chi connectivity index (χ4n) is 4.62. The molecule has 1 spiro atoms. The molecule has 1 saturated heterocycles. The SMILES string of the molecule is CNC(=O)c1cccc(NC(=O)CN2C(=O)NC3(CCC(C(C)(C)C)CC3)C2=O)c1C. The highest BCUT2D eigenvalue weighted by Crippen LogP contribution is 2.43. The van der Waals surface area contributed by atoms with Crippen LogP contribution in [0.15, 0.2) is 18.2 Å². The van der Waals surface area contributed by atoms with Crippen LogP contribution in [0, 0.1) is 18.3 Å². The van der Waals surface area contributed by atoms with Gasteiger partial charge in [-0.3, -0.25) is 19.3 Å². The summed E-state index contributed by atoms with van der Waals surface area (Å²) in [7, 11) is 1.54. The van der Waals surface area contributed by atoms with E-state index in [9.17, 15) is 19.2 Å². The van der Waals surface area contributed by atoms with E-state index in [1.54, 1.807) is 25.1 Å². The maximum Gasteiger partial charge on any atom is 0.325 e. The van der Waals surface area contributed by atoms with Crippen LogP contribution in [-0.2, 0) is 9.59 Å². The molecule has 3 N–H and O–H groups in total. The van der Waals surface area contributed by atoms with Gasteiger partial charge in [-0.1, -0.05) is 26.8 Å². The van der Waals surface area contributed by atoms with Crippen molar-refractivity contribution in [3.8, 4) is 0 Å². The second-order valence-electron chi connectivity index (χ2n) is 9.65. The van der Waals surface area contributed by atoms with E-state index in [2.05, 4.69) is 36.7 Å². The zero-order valence-electron chi connectivity index (χ0n) is 18.9. The van der Waals surface area contributed by atoms with Crippen molar-refractivity contribution in [2.45, 2.75) is 58.9 Å². The summed E-state index contributed by atoms with van der Waals surface area (Å²) < 4.78 is 0. The summed E-state index contributed by atoms with van der Waals surface area (Å²) in [6.07, 6.45) is 2.90. The van der Waals surface area contributed by atoms with Gasteiger partial charge in [0, 0.05) is 18.3 Å². The number of rotatable bonds is 4. The minimum absolute atomic E-state index is 0.161. The van der Waals surface area contributed by atoms with Crippen molar-refractivity contribution < 1.29 is 19.2 Å². The normalized spacial score (nSPS) is 23.6. The van der Waals surface area contributed by atoms with Crippen molar-refractivity contribution in [3.05, 3.63) is 29.3 Å². The van der Waals surface area contributed by atoms with Crippen molar-refractivity contribution in [3.63, 3.8) is 0 Å². The molecule has 1 aromatic rings. The molecule has 2 aliphatic rings. The van der Waals surface area contributed by atoms with Gasteiger partial charge in [0.15, 0.2) is 0 Å². The molecule has 0 bridgehead atoms. The quantitative estimate of drug-likeness (QED) is 0.641. The van der Waals surface area contributed by atoms with Crippen LogP contribution in [0.1, 0.15) is 62.4 Å². The van der Waals surface area contributed by atoms with Gasteiger partial charge in [0.1, 0.15) is 12.1 Å². The second kappa shape index (κ2) is 8.32. The van der Waals surface area contributed by atoms with Gasteiger partial charge in [-0.15, -0.1) is 0 Å². The molecule has 0 radical (unpaired) electrons. The predicted octanol–water partition coefficient (Wildman–Crippen LogP) is 2.82. The molecule has 168 valence electrons. The number of benzene rings is 1. The van der Waals surface area contributed by atoms with Crippen LogP contribution in [0.5, 0.6) is 0 Å². The lowest BCUT2D eigenvalue weighted by Gasteiger charge is -2.40. The predicted molar refractivity (Wildman–Crippen MR) is 118 cm³/mol. The number of nitrogens with zero attached hydrogens (tertiary/aromatic N) is 1. The van der Waals surface area contributed by atoms with Crippen LogP contribution in [0.4, 0.5) is 10.5 Å². The molecule has 8 heteroatoms. The Kier molecular flexibility index (Phi) is 6.11. The fraction of sp³-hybridized carbons (Fsp3) is 0.565. The lowest BCUT2D eigenvalue weighted by Crippen LogP contribution is -2.51.